The maximum atomic E-state index is 11.0. The van der Waals surface area contributed by atoms with Crippen LogP contribution in [0, 0.1) is 0 Å². The molecule has 0 aliphatic heterocycles. The second kappa shape index (κ2) is 6.21. The molecule has 1 amide bonds. The number of benzene rings is 1. The number of alkyl halides is 2. The van der Waals surface area contributed by atoms with Crippen LogP contribution in [0.25, 0.3) is 0 Å². The largest absolute Gasteiger partial charge is 0.353 e. The van der Waals surface area contributed by atoms with Crippen molar-refractivity contribution in [1.82, 2.24) is 5.32 Å². The lowest BCUT2D eigenvalue weighted by molar-refractivity contribution is -0.119. The molecule has 0 heterocycles. The Morgan fingerprint density at radius 3 is 2.73 bits per heavy atom. The molecular weight excluding hydrogens is 256 g/mol. The average molecular weight is 267 g/mol. The van der Waals surface area contributed by atoms with Gasteiger partial charge >= 0.3 is 0 Å². The summed E-state index contributed by atoms with van der Waals surface area (Å²) in [6.45, 7) is 0.495. The smallest absolute Gasteiger partial charge is 0.253 e. The lowest BCUT2D eigenvalue weighted by Gasteiger charge is -2.05. The number of rotatable bonds is 4. The van der Waals surface area contributed by atoms with Crippen molar-refractivity contribution in [2.24, 2.45) is 0 Å². The third kappa shape index (κ3) is 4.74. The zero-order valence-electron chi connectivity index (χ0n) is 7.84. The molecule has 1 rings (SSSR count). The molecule has 0 unspecified atom stereocenters. The highest BCUT2D eigenvalue weighted by Gasteiger charge is 2.09. The number of amides is 1. The molecule has 1 aromatic rings. The molecule has 0 fully saturated rings. The van der Waals surface area contributed by atoms with E-state index >= 15 is 0 Å². The number of hydrogen-bond donors (Lipinski definition) is 1. The van der Waals surface area contributed by atoms with Gasteiger partial charge < -0.3 is 5.32 Å². The first-order valence-corrected chi connectivity index (χ1v) is 5.65. The van der Waals surface area contributed by atoms with E-state index in [1.807, 2.05) is 18.2 Å². The van der Waals surface area contributed by atoms with Crippen LogP contribution < -0.4 is 5.32 Å². The van der Waals surface area contributed by atoms with Crippen LogP contribution in [0.15, 0.2) is 24.3 Å². The van der Waals surface area contributed by atoms with E-state index in [9.17, 15) is 4.79 Å². The maximum Gasteiger partial charge on any atom is 0.253 e. The van der Waals surface area contributed by atoms with Crippen molar-refractivity contribution < 1.29 is 4.79 Å². The molecule has 5 heteroatoms. The summed E-state index contributed by atoms with van der Waals surface area (Å²) in [5, 5.41) is 3.29. The summed E-state index contributed by atoms with van der Waals surface area (Å²) in [5.41, 5.74) is 1.06. The van der Waals surface area contributed by atoms with Crippen molar-refractivity contribution in [1.29, 1.82) is 0 Å². The summed E-state index contributed by atoms with van der Waals surface area (Å²) in [5.74, 6) is -0.375. The standard InChI is InChI=1S/C10H10Cl3NO/c11-8-3-1-2-7(6-8)4-5-14-10(15)9(12)13/h1-3,6,9H,4-5H2,(H,14,15). The first-order valence-electron chi connectivity index (χ1n) is 4.40. The van der Waals surface area contributed by atoms with Gasteiger partial charge in [0.15, 0.2) is 4.84 Å². The predicted octanol–water partition coefficient (Wildman–Crippen LogP) is 2.80. The molecule has 0 radical (unpaired) electrons. The summed E-state index contributed by atoms with van der Waals surface area (Å²) in [4.78, 5) is 9.99. The van der Waals surface area contributed by atoms with E-state index in [0.717, 1.165) is 5.56 Å². The molecule has 0 spiro atoms. The molecule has 0 aliphatic rings. The van der Waals surface area contributed by atoms with Gasteiger partial charge in [-0.1, -0.05) is 46.9 Å². The summed E-state index contributed by atoms with van der Waals surface area (Å²) in [6.07, 6.45) is 0.701. The fraction of sp³-hybridized carbons (Fsp3) is 0.300. The van der Waals surface area contributed by atoms with Crippen LogP contribution in [0.5, 0.6) is 0 Å². The lowest BCUT2D eigenvalue weighted by Crippen LogP contribution is -2.30. The van der Waals surface area contributed by atoms with Crippen LogP contribution in [-0.2, 0) is 11.2 Å². The van der Waals surface area contributed by atoms with Crippen LogP contribution >= 0.6 is 34.8 Å². The van der Waals surface area contributed by atoms with Gasteiger partial charge in [0.2, 0.25) is 0 Å². The van der Waals surface area contributed by atoms with E-state index in [2.05, 4.69) is 5.32 Å². The lowest BCUT2D eigenvalue weighted by atomic mass is 10.1. The molecule has 1 aromatic carbocycles. The Morgan fingerprint density at radius 2 is 2.13 bits per heavy atom. The van der Waals surface area contributed by atoms with E-state index in [-0.39, 0.29) is 5.91 Å². The summed E-state index contributed by atoms with van der Waals surface area (Å²) in [7, 11) is 0. The summed E-state index contributed by atoms with van der Waals surface area (Å²) < 4.78 is 0. The Balaban J connectivity index is 2.35. The Morgan fingerprint density at radius 1 is 1.40 bits per heavy atom. The first-order chi connectivity index (χ1) is 7.09. The highest BCUT2D eigenvalue weighted by molar-refractivity contribution is 6.53. The molecular formula is C10H10Cl3NO. The van der Waals surface area contributed by atoms with Crippen molar-refractivity contribution in [2.75, 3.05) is 6.54 Å². The minimum Gasteiger partial charge on any atom is -0.353 e. The van der Waals surface area contributed by atoms with E-state index in [0.29, 0.717) is 18.0 Å². The van der Waals surface area contributed by atoms with Crippen LogP contribution in [0.1, 0.15) is 5.56 Å². The van der Waals surface area contributed by atoms with E-state index in [4.69, 9.17) is 34.8 Å². The predicted molar refractivity (Wildman–Crippen MR) is 63.7 cm³/mol. The van der Waals surface area contributed by atoms with Gasteiger partial charge in [0, 0.05) is 11.6 Å². The van der Waals surface area contributed by atoms with Crippen molar-refractivity contribution in [2.45, 2.75) is 11.3 Å². The highest BCUT2D eigenvalue weighted by atomic mass is 35.5. The van der Waals surface area contributed by atoms with Crippen molar-refractivity contribution in [3.63, 3.8) is 0 Å². The molecule has 0 saturated heterocycles. The molecule has 82 valence electrons. The van der Waals surface area contributed by atoms with Crippen molar-refractivity contribution >= 4 is 40.7 Å². The number of halogens is 3. The fourth-order valence-electron chi connectivity index (χ4n) is 1.10. The Kier molecular flexibility index (Phi) is 5.23. The minimum atomic E-state index is -1.01. The number of carbonyl (C=O) groups excluding carboxylic acids is 1. The van der Waals surface area contributed by atoms with Crippen molar-refractivity contribution in [3.05, 3.63) is 34.9 Å². The average Bonchev–Trinajstić information content (AvgIpc) is 2.17. The Labute approximate surface area is 104 Å². The monoisotopic (exact) mass is 265 g/mol. The number of nitrogens with one attached hydrogen (secondary N) is 1. The molecule has 2 nitrogen and oxygen atoms in total. The third-order valence-electron chi connectivity index (χ3n) is 1.80. The molecule has 1 N–H and O–H groups in total. The normalized spacial score (nSPS) is 10.4. The molecule has 0 atom stereocenters. The fourth-order valence-corrected chi connectivity index (χ4v) is 1.47. The summed E-state index contributed by atoms with van der Waals surface area (Å²) in [6, 6.07) is 7.46. The van der Waals surface area contributed by atoms with E-state index in [1.165, 1.54) is 0 Å². The van der Waals surface area contributed by atoms with Crippen LogP contribution in [-0.4, -0.2) is 17.3 Å². The van der Waals surface area contributed by atoms with Gasteiger partial charge in [-0.3, -0.25) is 4.79 Å². The molecule has 0 saturated carbocycles. The number of hydrogen-bond acceptors (Lipinski definition) is 1. The third-order valence-corrected chi connectivity index (χ3v) is 2.43. The first kappa shape index (κ1) is 12.6. The maximum absolute atomic E-state index is 11.0. The molecule has 0 aromatic heterocycles. The van der Waals surface area contributed by atoms with Gasteiger partial charge in [0.25, 0.3) is 5.91 Å². The second-order valence-electron chi connectivity index (χ2n) is 2.97. The molecule has 15 heavy (non-hydrogen) atoms. The Hall–Kier alpha value is -0.440. The SMILES string of the molecule is O=C(NCCc1cccc(Cl)c1)C(Cl)Cl. The number of carbonyl (C=O) groups is 1. The van der Waals surface area contributed by atoms with Crippen LogP contribution in [0.2, 0.25) is 5.02 Å². The van der Waals surface area contributed by atoms with Gasteiger partial charge in [0.1, 0.15) is 0 Å². The van der Waals surface area contributed by atoms with Crippen molar-refractivity contribution in [3.8, 4) is 0 Å². The highest BCUT2D eigenvalue weighted by Crippen LogP contribution is 2.10. The van der Waals surface area contributed by atoms with Gasteiger partial charge in [-0.15, -0.1) is 0 Å². The van der Waals surface area contributed by atoms with Crippen LogP contribution in [0.3, 0.4) is 0 Å². The Bertz CT molecular complexity index is 341. The van der Waals surface area contributed by atoms with E-state index in [1.54, 1.807) is 6.07 Å². The van der Waals surface area contributed by atoms with Gasteiger partial charge in [-0.05, 0) is 24.1 Å². The minimum absolute atomic E-state index is 0.375. The quantitative estimate of drug-likeness (QED) is 0.834. The van der Waals surface area contributed by atoms with Crippen LogP contribution in [0.4, 0.5) is 0 Å². The topological polar surface area (TPSA) is 29.1 Å². The zero-order valence-corrected chi connectivity index (χ0v) is 10.1. The second-order valence-corrected chi connectivity index (χ2v) is 4.50. The zero-order chi connectivity index (χ0) is 11.3. The van der Waals surface area contributed by atoms with Gasteiger partial charge in [0.05, 0.1) is 0 Å². The van der Waals surface area contributed by atoms with Gasteiger partial charge in [-0.25, -0.2) is 0 Å². The summed E-state index contributed by atoms with van der Waals surface area (Å²) >= 11 is 16.5. The van der Waals surface area contributed by atoms with E-state index < -0.39 is 4.84 Å². The van der Waals surface area contributed by atoms with Gasteiger partial charge in [-0.2, -0.15) is 0 Å². The molecule has 0 bridgehead atoms. The molecule has 0 aliphatic carbocycles.